The van der Waals surface area contributed by atoms with Crippen LogP contribution in [0.15, 0.2) is 0 Å². The van der Waals surface area contributed by atoms with E-state index in [1.54, 1.807) is 0 Å². The standard InChI is InChI=1S/C12H21NOS/c1-7(2)11(15)12(14)13-10(8-3-4-8)9-5-6-9/h7-11,15H,3-6H2,1-2H3,(H,13,14). The first kappa shape index (κ1) is 11.3. The summed E-state index contributed by atoms with van der Waals surface area (Å²) in [5.41, 5.74) is 0. The second-order valence-electron chi connectivity index (χ2n) is 5.40. The lowest BCUT2D eigenvalue weighted by Crippen LogP contribution is -2.43. The number of hydrogen-bond donors (Lipinski definition) is 2. The zero-order valence-electron chi connectivity index (χ0n) is 9.57. The van der Waals surface area contributed by atoms with E-state index >= 15 is 0 Å². The molecule has 0 saturated heterocycles. The number of hydrogen-bond acceptors (Lipinski definition) is 2. The van der Waals surface area contributed by atoms with E-state index in [9.17, 15) is 4.79 Å². The van der Waals surface area contributed by atoms with Gasteiger partial charge in [-0.3, -0.25) is 4.79 Å². The highest BCUT2D eigenvalue weighted by molar-refractivity contribution is 7.81. The van der Waals surface area contributed by atoms with Crippen LogP contribution >= 0.6 is 12.6 Å². The van der Waals surface area contributed by atoms with Crippen LogP contribution in [-0.4, -0.2) is 17.2 Å². The maximum absolute atomic E-state index is 11.9. The average molecular weight is 227 g/mol. The fourth-order valence-corrected chi connectivity index (χ4v) is 2.16. The predicted molar refractivity (Wildman–Crippen MR) is 65.0 cm³/mol. The van der Waals surface area contributed by atoms with E-state index in [0.29, 0.717) is 12.0 Å². The Hall–Kier alpha value is -0.180. The van der Waals surface area contributed by atoms with Crippen LogP contribution in [0.4, 0.5) is 0 Å². The molecule has 0 bridgehead atoms. The largest absolute Gasteiger partial charge is 0.352 e. The summed E-state index contributed by atoms with van der Waals surface area (Å²) < 4.78 is 0. The summed E-state index contributed by atoms with van der Waals surface area (Å²) >= 11 is 4.36. The molecule has 2 rings (SSSR count). The molecule has 0 radical (unpaired) electrons. The van der Waals surface area contributed by atoms with E-state index in [1.165, 1.54) is 25.7 Å². The zero-order chi connectivity index (χ0) is 11.0. The highest BCUT2D eigenvalue weighted by atomic mass is 32.1. The van der Waals surface area contributed by atoms with Crippen molar-refractivity contribution in [2.45, 2.75) is 50.8 Å². The topological polar surface area (TPSA) is 29.1 Å². The predicted octanol–water partition coefficient (Wildman–Crippen LogP) is 2.25. The molecule has 3 heteroatoms. The fourth-order valence-electron chi connectivity index (χ4n) is 2.08. The van der Waals surface area contributed by atoms with E-state index in [4.69, 9.17) is 0 Å². The number of nitrogens with one attached hydrogen (secondary N) is 1. The van der Waals surface area contributed by atoms with Gasteiger partial charge in [0.15, 0.2) is 0 Å². The maximum Gasteiger partial charge on any atom is 0.233 e. The van der Waals surface area contributed by atoms with Gasteiger partial charge in [-0.2, -0.15) is 12.6 Å². The Morgan fingerprint density at radius 3 is 2.00 bits per heavy atom. The lowest BCUT2D eigenvalue weighted by Gasteiger charge is -2.21. The van der Waals surface area contributed by atoms with Gasteiger partial charge in [-0.25, -0.2) is 0 Å². The Bertz CT molecular complexity index is 234. The monoisotopic (exact) mass is 227 g/mol. The minimum Gasteiger partial charge on any atom is -0.352 e. The Kier molecular flexibility index (Phi) is 3.29. The molecule has 15 heavy (non-hydrogen) atoms. The van der Waals surface area contributed by atoms with Gasteiger partial charge in [-0.1, -0.05) is 13.8 Å². The van der Waals surface area contributed by atoms with Crippen molar-refractivity contribution in [2.24, 2.45) is 17.8 Å². The second-order valence-corrected chi connectivity index (χ2v) is 5.95. The average Bonchev–Trinajstić information content (AvgIpc) is 3.03. The number of carbonyl (C=O) groups is 1. The molecule has 0 spiro atoms. The van der Waals surface area contributed by atoms with Crippen molar-refractivity contribution in [3.05, 3.63) is 0 Å². The van der Waals surface area contributed by atoms with Gasteiger partial charge in [-0.15, -0.1) is 0 Å². The fraction of sp³-hybridized carbons (Fsp3) is 0.917. The van der Waals surface area contributed by atoms with Crippen LogP contribution in [0, 0.1) is 17.8 Å². The molecule has 2 aliphatic rings. The molecule has 0 heterocycles. The van der Waals surface area contributed by atoms with Crippen LogP contribution in [0.25, 0.3) is 0 Å². The first-order valence-corrected chi connectivity index (χ1v) is 6.59. The first-order valence-electron chi connectivity index (χ1n) is 6.08. The van der Waals surface area contributed by atoms with Crippen LogP contribution in [0.2, 0.25) is 0 Å². The van der Waals surface area contributed by atoms with Crippen molar-refractivity contribution in [3.8, 4) is 0 Å². The summed E-state index contributed by atoms with van der Waals surface area (Å²) in [5.74, 6) is 1.99. The van der Waals surface area contributed by atoms with E-state index in [0.717, 1.165) is 11.8 Å². The summed E-state index contributed by atoms with van der Waals surface area (Å²) in [6.07, 6.45) is 5.22. The molecule has 0 aromatic rings. The minimum atomic E-state index is -0.148. The summed E-state index contributed by atoms with van der Waals surface area (Å²) in [5, 5.41) is 3.06. The highest BCUT2D eigenvalue weighted by Crippen LogP contribution is 2.44. The molecule has 1 N–H and O–H groups in total. The maximum atomic E-state index is 11.9. The molecule has 2 saturated carbocycles. The molecule has 1 unspecified atom stereocenters. The van der Waals surface area contributed by atoms with Crippen molar-refractivity contribution in [1.82, 2.24) is 5.32 Å². The van der Waals surface area contributed by atoms with Gasteiger partial charge in [0, 0.05) is 6.04 Å². The van der Waals surface area contributed by atoms with Gasteiger partial charge in [0.05, 0.1) is 5.25 Å². The lowest BCUT2D eigenvalue weighted by molar-refractivity contribution is -0.122. The van der Waals surface area contributed by atoms with E-state index in [1.807, 2.05) is 13.8 Å². The molecular formula is C12H21NOS. The van der Waals surface area contributed by atoms with Gasteiger partial charge >= 0.3 is 0 Å². The summed E-state index contributed by atoms with van der Waals surface area (Å²) in [6, 6.07) is 0.464. The third kappa shape index (κ3) is 2.90. The number of rotatable bonds is 5. The zero-order valence-corrected chi connectivity index (χ0v) is 10.5. The summed E-state index contributed by atoms with van der Waals surface area (Å²) in [4.78, 5) is 11.9. The number of amides is 1. The van der Waals surface area contributed by atoms with Crippen molar-refractivity contribution in [1.29, 1.82) is 0 Å². The smallest absolute Gasteiger partial charge is 0.233 e. The van der Waals surface area contributed by atoms with Crippen LogP contribution in [0.1, 0.15) is 39.5 Å². The van der Waals surface area contributed by atoms with Crippen molar-refractivity contribution in [3.63, 3.8) is 0 Å². The first-order chi connectivity index (χ1) is 7.09. The van der Waals surface area contributed by atoms with E-state index in [2.05, 4.69) is 17.9 Å². The summed E-state index contributed by atoms with van der Waals surface area (Å²) in [6.45, 7) is 4.08. The van der Waals surface area contributed by atoms with Crippen LogP contribution < -0.4 is 5.32 Å². The van der Waals surface area contributed by atoms with Crippen molar-refractivity contribution in [2.75, 3.05) is 0 Å². The normalized spacial score (nSPS) is 23.3. The Labute approximate surface area is 97.6 Å². The molecule has 1 amide bonds. The van der Waals surface area contributed by atoms with E-state index in [-0.39, 0.29) is 11.2 Å². The molecule has 2 nitrogen and oxygen atoms in total. The van der Waals surface area contributed by atoms with Crippen LogP contribution in [0.5, 0.6) is 0 Å². The SMILES string of the molecule is CC(C)C(S)C(=O)NC(C1CC1)C1CC1. The van der Waals surface area contributed by atoms with Gasteiger partial charge in [-0.05, 0) is 43.4 Å². The van der Waals surface area contributed by atoms with Crippen molar-refractivity contribution < 1.29 is 4.79 Å². The van der Waals surface area contributed by atoms with Crippen LogP contribution in [-0.2, 0) is 4.79 Å². The Morgan fingerprint density at radius 1 is 1.20 bits per heavy atom. The number of carbonyl (C=O) groups excluding carboxylic acids is 1. The minimum absolute atomic E-state index is 0.136. The molecule has 0 aliphatic heterocycles. The third-order valence-electron chi connectivity index (χ3n) is 3.47. The van der Waals surface area contributed by atoms with Gasteiger partial charge in [0.2, 0.25) is 5.91 Å². The lowest BCUT2D eigenvalue weighted by atomic mass is 10.1. The molecule has 0 aromatic carbocycles. The Morgan fingerprint density at radius 2 is 1.67 bits per heavy atom. The molecule has 2 aliphatic carbocycles. The quantitative estimate of drug-likeness (QED) is 0.693. The highest BCUT2D eigenvalue weighted by Gasteiger charge is 2.42. The molecular weight excluding hydrogens is 206 g/mol. The Balaban J connectivity index is 1.85. The third-order valence-corrected chi connectivity index (χ3v) is 4.30. The second kappa shape index (κ2) is 4.36. The molecule has 2 fully saturated rings. The summed E-state index contributed by atoms with van der Waals surface area (Å²) in [7, 11) is 0. The van der Waals surface area contributed by atoms with Crippen LogP contribution in [0.3, 0.4) is 0 Å². The van der Waals surface area contributed by atoms with Gasteiger partial charge in [0.1, 0.15) is 0 Å². The number of thiol groups is 1. The van der Waals surface area contributed by atoms with Gasteiger partial charge < -0.3 is 5.32 Å². The molecule has 0 aromatic heterocycles. The van der Waals surface area contributed by atoms with Gasteiger partial charge in [0.25, 0.3) is 0 Å². The van der Waals surface area contributed by atoms with E-state index < -0.39 is 0 Å². The molecule has 86 valence electrons. The molecule has 1 atom stereocenters. The van der Waals surface area contributed by atoms with Crippen molar-refractivity contribution >= 4 is 18.5 Å².